The monoisotopic (exact) mass is 128 g/mol. The van der Waals surface area contributed by atoms with Crippen molar-refractivity contribution < 1.29 is 0 Å². The van der Waals surface area contributed by atoms with Crippen molar-refractivity contribution in [3.63, 3.8) is 0 Å². The quantitative estimate of drug-likeness (QED) is 0.500. The summed E-state index contributed by atoms with van der Waals surface area (Å²) in [5.74, 6) is 0.841. The highest BCUT2D eigenvalue weighted by molar-refractivity contribution is 6.27. The van der Waals surface area contributed by atoms with Gasteiger partial charge in [-0.15, -0.1) is 5.67 Å². The summed E-state index contributed by atoms with van der Waals surface area (Å²) in [6.45, 7) is 4.52. The molecule has 1 unspecified atom stereocenters. The number of hydrogen-bond acceptors (Lipinski definition) is 0. The summed E-state index contributed by atoms with van der Waals surface area (Å²) in [4.78, 5) is 0. The smallest absolute Gasteiger partial charge is 0.0285 e. The molecular weight excluding hydrogens is 112 g/mol. The highest BCUT2D eigenvalue weighted by Gasteiger charge is 1.91. The molecule has 8 heavy (non-hydrogen) atoms. The van der Waals surface area contributed by atoms with Gasteiger partial charge in [-0.2, -0.15) is 0 Å². The molecule has 0 N–H and O–H groups in total. The maximum absolute atomic E-state index is 2.30. The Morgan fingerprint density at radius 1 is 1.62 bits per heavy atom. The highest BCUT2D eigenvalue weighted by atomic mass is 28.1. The number of unbranched alkanes of at least 4 members (excludes halogenated alkanes) is 1. The second-order valence-electron chi connectivity index (χ2n) is 2.36. The van der Waals surface area contributed by atoms with Crippen LogP contribution in [0.15, 0.2) is 0 Å². The van der Waals surface area contributed by atoms with Gasteiger partial charge in [0.2, 0.25) is 0 Å². The maximum atomic E-state index is 2.30. The zero-order valence-electron chi connectivity index (χ0n) is 5.98. The van der Waals surface area contributed by atoms with E-state index in [-0.39, 0.29) is 0 Å². The Morgan fingerprint density at radius 3 is 2.62 bits per heavy atom. The van der Waals surface area contributed by atoms with E-state index >= 15 is 0 Å². The van der Waals surface area contributed by atoms with Crippen LogP contribution in [-0.4, -0.2) is 15.5 Å². The molecule has 0 nitrogen and oxygen atoms in total. The van der Waals surface area contributed by atoms with E-state index in [2.05, 4.69) is 19.5 Å². The van der Waals surface area contributed by atoms with Crippen LogP contribution in [-0.2, 0) is 0 Å². The molecule has 0 aliphatic heterocycles. The van der Waals surface area contributed by atoms with Crippen molar-refractivity contribution >= 4 is 15.5 Å². The molecule has 0 radical (unpaired) electrons. The molecule has 0 saturated carbocycles. The van der Waals surface area contributed by atoms with Gasteiger partial charge in [0.25, 0.3) is 0 Å². The normalized spacial score (nSPS) is 13.2. The van der Waals surface area contributed by atoms with E-state index in [4.69, 9.17) is 0 Å². The SMILES string of the molecule is CCCCC(C)C=[SiH2]. The van der Waals surface area contributed by atoms with Crippen LogP contribution in [0.4, 0.5) is 0 Å². The molecule has 0 spiro atoms. The molecule has 48 valence electrons. The van der Waals surface area contributed by atoms with E-state index in [1.807, 2.05) is 9.85 Å². The minimum absolute atomic E-state index is 0.841. The zero-order valence-corrected chi connectivity index (χ0v) is 7.40. The Bertz CT molecular complexity index is 59.4. The van der Waals surface area contributed by atoms with Crippen molar-refractivity contribution in [1.29, 1.82) is 0 Å². The number of rotatable bonds is 4. The summed E-state index contributed by atoms with van der Waals surface area (Å²) >= 11 is 0. The molecule has 0 rings (SSSR count). The van der Waals surface area contributed by atoms with Crippen molar-refractivity contribution in [2.45, 2.75) is 33.1 Å². The lowest BCUT2D eigenvalue weighted by molar-refractivity contribution is 0.636. The van der Waals surface area contributed by atoms with Gasteiger partial charge in [-0.05, 0) is 22.2 Å². The zero-order chi connectivity index (χ0) is 6.41. The fourth-order valence-corrected chi connectivity index (χ4v) is 0.880. The lowest BCUT2D eigenvalue weighted by Crippen LogP contribution is -1.94. The third-order valence-electron chi connectivity index (χ3n) is 1.42. The minimum atomic E-state index is 0.841. The molecule has 1 heteroatoms. The summed E-state index contributed by atoms with van der Waals surface area (Å²) in [5.41, 5.74) is 2.30. The van der Waals surface area contributed by atoms with E-state index in [0.29, 0.717) is 0 Å². The Kier molecular flexibility index (Phi) is 5.28. The fraction of sp³-hybridized carbons (Fsp3) is 0.857. The first-order chi connectivity index (χ1) is 3.81. The van der Waals surface area contributed by atoms with Crippen LogP contribution >= 0.6 is 0 Å². The Hall–Kier alpha value is 0.0869. The average molecular weight is 128 g/mol. The van der Waals surface area contributed by atoms with Crippen LogP contribution < -0.4 is 0 Å². The van der Waals surface area contributed by atoms with Crippen molar-refractivity contribution in [3.8, 4) is 0 Å². The molecule has 0 saturated heterocycles. The second-order valence-corrected chi connectivity index (χ2v) is 2.83. The molecule has 0 aromatic carbocycles. The van der Waals surface area contributed by atoms with Gasteiger partial charge in [0.1, 0.15) is 0 Å². The molecule has 0 amide bonds. The molecule has 1 atom stereocenters. The van der Waals surface area contributed by atoms with Gasteiger partial charge in [-0.3, -0.25) is 0 Å². The van der Waals surface area contributed by atoms with Gasteiger partial charge in [-0.1, -0.05) is 26.7 Å². The van der Waals surface area contributed by atoms with E-state index in [1.165, 1.54) is 19.3 Å². The van der Waals surface area contributed by atoms with E-state index in [0.717, 1.165) is 5.92 Å². The fourth-order valence-electron chi connectivity index (χ4n) is 0.644. The topological polar surface area (TPSA) is 0 Å². The van der Waals surface area contributed by atoms with Crippen LogP contribution in [0.3, 0.4) is 0 Å². The van der Waals surface area contributed by atoms with Crippen LogP contribution in [0.2, 0.25) is 0 Å². The van der Waals surface area contributed by atoms with E-state index in [9.17, 15) is 0 Å². The van der Waals surface area contributed by atoms with Crippen LogP contribution in [0.1, 0.15) is 33.1 Å². The third kappa shape index (κ3) is 4.25. The minimum Gasteiger partial charge on any atom is -0.107 e. The van der Waals surface area contributed by atoms with E-state index < -0.39 is 0 Å². The summed E-state index contributed by atoms with van der Waals surface area (Å²) in [6, 6.07) is 0. The third-order valence-corrected chi connectivity index (χ3v) is 2.22. The second kappa shape index (κ2) is 5.23. The van der Waals surface area contributed by atoms with Gasteiger partial charge in [0, 0.05) is 0 Å². The van der Waals surface area contributed by atoms with Crippen LogP contribution in [0.25, 0.3) is 0 Å². The molecule has 0 fully saturated rings. The lowest BCUT2D eigenvalue weighted by Gasteiger charge is -2.01. The first-order valence-corrected chi connectivity index (χ1v) is 4.25. The predicted octanol–water partition coefficient (Wildman–Crippen LogP) is 1.25. The predicted molar refractivity (Wildman–Crippen MR) is 43.3 cm³/mol. The summed E-state index contributed by atoms with van der Waals surface area (Å²) in [6.07, 6.45) is 4.09. The van der Waals surface area contributed by atoms with Crippen molar-refractivity contribution in [3.05, 3.63) is 0 Å². The first-order valence-electron chi connectivity index (χ1n) is 3.43. The first kappa shape index (κ1) is 8.09. The maximum Gasteiger partial charge on any atom is -0.0285 e. The summed E-state index contributed by atoms with van der Waals surface area (Å²) < 4.78 is 0. The summed E-state index contributed by atoms with van der Waals surface area (Å²) in [7, 11) is 1.96. The van der Waals surface area contributed by atoms with Crippen molar-refractivity contribution in [2.24, 2.45) is 5.92 Å². The van der Waals surface area contributed by atoms with Crippen molar-refractivity contribution in [2.75, 3.05) is 0 Å². The highest BCUT2D eigenvalue weighted by Crippen LogP contribution is 2.02. The summed E-state index contributed by atoms with van der Waals surface area (Å²) in [5, 5.41) is 0. The Balaban J connectivity index is 2.98. The average Bonchev–Trinajstić information content (AvgIpc) is 1.83. The molecular formula is C7H16Si. The van der Waals surface area contributed by atoms with Crippen LogP contribution in [0.5, 0.6) is 0 Å². The molecule has 0 aliphatic rings. The lowest BCUT2D eigenvalue weighted by atomic mass is 10.1. The van der Waals surface area contributed by atoms with Crippen LogP contribution in [0, 0.1) is 5.92 Å². The van der Waals surface area contributed by atoms with Gasteiger partial charge in [-0.25, -0.2) is 0 Å². The Morgan fingerprint density at radius 2 is 2.25 bits per heavy atom. The van der Waals surface area contributed by atoms with Gasteiger partial charge in [0.05, 0.1) is 0 Å². The van der Waals surface area contributed by atoms with Gasteiger partial charge in [0.15, 0.2) is 0 Å². The van der Waals surface area contributed by atoms with Gasteiger partial charge < -0.3 is 0 Å². The van der Waals surface area contributed by atoms with Gasteiger partial charge >= 0.3 is 0 Å². The molecule has 0 bridgehead atoms. The van der Waals surface area contributed by atoms with E-state index in [1.54, 1.807) is 0 Å². The van der Waals surface area contributed by atoms with Crippen molar-refractivity contribution in [1.82, 2.24) is 0 Å². The number of hydrogen-bond donors (Lipinski definition) is 0. The Labute approximate surface area is 55.3 Å². The molecule has 0 aliphatic carbocycles. The standard InChI is InChI=1S/C7H16Si/c1-3-4-5-7(2)6-8/h6-7H,3-5,8H2,1-2H3. The largest absolute Gasteiger partial charge is 0.107 e. The molecule has 0 heterocycles. The molecule has 0 aromatic heterocycles. The molecule has 0 aromatic rings.